The molecule has 0 radical (unpaired) electrons. The Bertz CT molecular complexity index is 1290. The lowest BCUT2D eigenvalue weighted by Gasteiger charge is -2.26. The van der Waals surface area contributed by atoms with Crippen molar-refractivity contribution in [1.82, 2.24) is 0 Å². The van der Waals surface area contributed by atoms with Crippen LogP contribution in [0.3, 0.4) is 0 Å². The normalized spacial score (nSPS) is 16.1. The van der Waals surface area contributed by atoms with Crippen LogP contribution in [0.2, 0.25) is 0 Å². The van der Waals surface area contributed by atoms with Gasteiger partial charge in [-0.3, -0.25) is 9.59 Å². The molecule has 0 saturated carbocycles. The second-order valence-corrected chi connectivity index (χ2v) is 7.74. The Labute approximate surface area is 167 Å². The summed E-state index contributed by atoms with van der Waals surface area (Å²) in [7, 11) is 0. The van der Waals surface area contributed by atoms with Crippen molar-refractivity contribution < 1.29 is 19.4 Å². The van der Waals surface area contributed by atoms with Crippen LogP contribution in [-0.4, -0.2) is 17.0 Å². The summed E-state index contributed by atoms with van der Waals surface area (Å²) in [5.41, 5.74) is 2.18. The molecule has 1 aliphatic carbocycles. The lowest BCUT2D eigenvalue weighted by atomic mass is 9.86. The van der Waals surface area contributed by atoms with Crippen LogP contribution in [0.1, 0.15) is 36.5 Å². The Hall–Kier alpha value is -3.40. The highest BCUT2D eigenvalue weighted by Gasteiger charge is 2.25. The van der Waals surface area contributed by atoms with Crippen molar-refractivity contribution in [3.63, 3.8) is 0 Å². The van der Waals surface area contributed by atoms with Crippen molar-refractivity contribution in [2.45, 2.75) is 31.8 Å². The smallest absolute Gasteiger partial charge is 0.317 e. The van der Waals surface area contributed by atoms with Crippen LogP contribution in [0.15, 0.2) is 60.7 Å². The molecule has 0 amide bonds. The van der Waals surface area contributed by atoms with Gasteiger partial charge in [0.15, 0.2) is 0 Å². The Morgan fingerprint density at radius 1 is 0.862 bits per heavy atom. The minimum absolute atomic E-state index is 0.373. The third-order valence-corrected chi connectivity index (χ3v) is 5.75. The van der Waals surface area contributed by atoms with Crippen molar-refractivity contribution in [1.29, 1.82) is 0 Å². The highest BCUT2D eigenvalue weighted by molar-refractivity contribution is 6.05. The quantitative estimate of drug-likeness (QED) is 0.286. The maximum absolute atomic E-state index is 11.9. The van der Waals surface area contributed by atoms with E-state index >= 15 is 0 Å². The number of fused-ring (bicyclic) bond motifs is 4. The zero-order valence-corrected chi connectivity index (χ0v) is 15.9. The third-order valence-electron chi connectivity index (χ3n) is 5.75. The number of carboxylic acid groups (broad SMARTS) is 1. The van der Waals surface area contributed by atoms with Gasteiger partial charge < -0.3 is 9.84 Å². The Kier molecular flexibility index (Phi) is 4.20. The van der Waals surface area contributed by atoms with Crippen LogP contribution in [0.25, 0.3) is 32.3 Å². The van der Waals surface area contributed by atoms with E-state index in [0.29, 0.717) is 0 Å². The highest BCUT2D eigenvalue weighted by atomic mass is 16.5. The van der Waals surface area contributed by atoms with E-state index in [1.165, 1.54) is 32.5 Å². The van der Waals surface area contributed by atoms with Gasteiger partial charge in [0.1, 0.15) is 12.5 Å². The zero-order valence-electron chi connectivity index (χ0n) is 15.9. The van der Waals surface area contributed by atoms with Gasteiger partial charge in [0.25, 0.3) is 0 Å². The van der Waals surface area contributed by atoms with Gasteiger partial charge in [-0.15, -0.1) is 0 Å². The molecular weight excluding hydrogens is 364 g/mol. The zero-order chi connectivity index (χ0) is 20.0. The molecule has 0 fully saturated rings. The SMILES string of the molecule is O=C(O)CC(=O)OC1CCCc2cc3cc4cc5ccccc5cc4cc3cc21. The second-order valence-electron chi connectivity index (χ2n) is 7.74. The summed E-state index contributed by atoms with van der Waals surface area (Å²) >= 11 is 0. The van der Waals surface area contributed by atoms with Crippen LogP contribution in [-0.2, 0) is 20.7 Å². The van der Waals surface area contributed by atoms with E-state index in [-0.39, 0.29) is 6.10 Å². The number of carbonyl (C=O) groups is 2. The summed E-state index contributed by atoms with van der Waals surface area (Å²) in [5.74, 6) is -1.84. The maximum Gasteiger partial charge on any atom is 0.317 e. The van der Waals surface area contributed by atoms with E-state index in [1.807, 2.05) is 6.07 Å². The first-order valence-corrected chi connectivity index (χ1v) is 9.87. The molecule has 0 spiro atoms. The van der Waals surface area contributed by atoms with E-state index in [9.17, 15) is 9.59 Å². The average molecular weight is 384 g/mol. The molecule has 1 atom stereocenters. The number of hydrogen-bond acceptors (Lipinski definition) is 3. The Morgan fingerprint density at radius 2 is 1.45 bits per heavy atom. The molecule has 1 N–H and O–H groups in total. The lowest BCUT2D eigenvalue weighted by molar-refractivity contribution is -0.156. The van der Waals surface area contributed by atoms with Gasteiger partial charge in [0, 0.05) is 0 Å². The summed E-state index contributed by atoms with van der Waals surface area (Å²) in [4.78, 5) is 22.7. The predicted molar refractivity (Wildman–Crippen MR) is 113 cm³/mol. The minimum Gasteiger partial charge on any atom is -0.481 e. The van der Waals surface area contributed by atoms with Gasteiger partial charge in [0.05, 0.1) is 0 Å². The topological polar surface area (TPSA) is 63.6 Å². The van der Waals surface area contributed by atoms with Gasteiger partial charge in [-0.1, -0.05) is 30.3 Å². The first-order chi connectivity index (χ1) is 14.1. The number of benzene rings is 4. The van der Waals surface area contributed by atoms with Gasteiger partial charge in [-0.25, -0.2) is 0 Å². The van der Waals surface area contributed by atoms with E-state index in [4.69, 9.17) is 9.84 Å². The maximum atomic E-state index is 11.9. The summed E-state index contributed by atoms with van der Waals surface area (Å²) in [6.45, 7) is 0. The molecule has 0 saturated heterocycles. The molecule has 0 aliphatic heterocycles. The molecule has 4 aromatic rings. The first-order valence-electron chi connectivity index (χ1n) is 9.87. The molecule has 4 heteroatoms. The van der Waals surface area contributed by atoms with Gasteiger partial charge in [-0.05, 0) is 93.0 Å². The monoisotopic (exact) mass is 384 g/mol. The molecule has 4 nitrogen and oxygen atoms in total. The van der Waals surface area contributed by atoms with Crippen molar-refractivity contribution in [2.24, 2.45) is 0 Å². The molecule has 1 aliphatic rings. The molecule has 29 heavy (non-hydrogen) atoms. The number of carbonyl (C=O) groups excluding carboxylic acids is 1. The largest absolute Gasteiger partial charge is 0.481 e. The van der Waals surface area contributed by atoms with Crippen molar-refractivity contribution in [3.05, 3.63) is 71.8 Å². The summed E-state index contributed by atoms with van der Waals surface area (Å²) in [6, 6.07) is 21.5. The lowest BCUT2D eigenvalue weighted by Crippen LogP contribution is -2.18. The van der Waals surface area contributed by atoms with Crippen molar-refractivity contribution in [2.75, 3.05) is 0 Å². The predicted octanol–water partition coefficient (Wildman–Crippen LogP) is 5.54. The number of esters is 1. The number of aryl methyl sites for hydroxylation is 1. The van der Waals surface area contributed by atoms with Gasteiger partial charge in [0.2, 0.25) is 0 Å². The highest BCUT2D eigenvalue weighted by Crippen LogP contribution is 2.37. The fourth-order valence-corrected chi connectivity index (χ4v) is 4.40. The number of hydrogen-bond donors (Lipinski definition) is 1. The Morgan fingerprint density at radius 3 is 2.10 bits per heavy atom. The van der Waals surface area contributed by atoms with E-state index in [2.05, 4.69) is 54.6 Å². The molecule has 0 aromatic heterocycles. The number of carboxylic acids is 1. The summed E-state index contributed by atoms with van der Waals surface area (Å²) in [5, 5.41) is 15.9. The van der Waals surface area contributed by atoms with E-state index in [0.717, 1.165) is 30.2 Å². The first kappa shape index (κ1) is 17.7. The minimum atomic E-state index is -1.16. The van der Waals surface area contributed by atoms with Crippen molar-refractivity contribution in [3.8, 4) is 0 Å². The summed E-state index contributed by atoms with van der Waals surface area (Å²) < 4.78 is 5.50. The fraction of sp³-hybridized carbons (Fsp3) is 0.200. The van der Waals surface area contributed by atoms with E-state index in [1.54, 1.807) is 0 Å². The molecular formula is C25H20O4. The standard InChI is InChI=1S/C25H20O4/c26-24(27)14-25(28)29-23-7-3-6-17-10-20-11-18-8-15-4-1-2-5-16(15)9-19(18)12-21(20)13-22(17)23/h1-2,4-5,8-13,23H,3,6-7,14H2,(H,26,27). The molecule has 1 unspecified atom stereocenters. The van der Waals surface area contributed by atoms with Crippen LogP contribution >= 0.6 is 0 Å². The molecule has 5 rings (SSSR count). The number of aliphatic carboxylic acids is 1. The molecule has 144 valence electrons. The second kappa shape index (κ2) is 6.89. The third kappa shape index (κ3) is 3.31. The fourth-order valence-electron chi connectivity index (χ4n) is 4.40. The number of ether oxygens (including phenoxy) is 1. The van der Waals surface area contributed by atoms with Crippen LogP contribution in [0, 0.1) is 0 Å². The number of rotatable bonds is 3. The summed E-state index contributed by atoms with van der Waals surface area (Å²) in [6.07, 6.45) is 1.61. The van der Waals surface area contributed by atoms with Crippen molar-refractivity contribution >= 4 is 44.3 Å². The molecule has 0 heterocycles. The Balaban J connectivity index is 1.60. The molecule has 0 bridgehead atoms. The molecule has 4 aromatic carbocycles. The van der Waals surface area contributed by atoms with Crippen LogP contribution < -0.4 is 0 Å². The van der Waals surface area contributed by atoms with E-state index < -0.39 is 18.4 Å². The van der Waals surface area contributed by atoms with Gasteiger partial charge in [-0.2, -0.15) is 0 Å². The van der Waals surface area contributed by atoms with Crippen LogP contribution in [0.4, 0.5) is 0 Å². The average Bonchev–Trinajstić information content (AvgIpc) is 2.69. The van der Waals surface area contributed by atoms with Crippen LogP contribution in [0.5, 0.6) is 0 Å². The van der Waals surface area contributed by atoms with Gasteiger partial charge >= 0.3 is 11.9 Å².